The molecule has 0 N–H and O–H groups in total. The van der Waals surface area contributed by atoms with E-state index in [1.54, 1.807) is 42.5 Å². The summed E-state index contributed by atoms with van der Waals surface area (Å²) in [5.41, 5.74) is -3.73. The predicted molar refractivity (Wildman–Crippen MR) is 128 cm³/mol. The van der Waals surface area contributed by atoms with Crippen molar-refractivity contribution in [3.63, 3.8) is 0 Å². The van der Waals surface area contributed by atoms with Gasteiger partial charge in [-0.2, -0.15) is 26.3 Å². The van der Waals surface area contributed by atoms with Gasteiger partial charge in [0.2, 0.25) is 0 Å². The third-order valence-corrected chi connectivity index (χ3v) is 5.74. The molecule has 0 bridgehead atoms. The van der Waals surface area contributed by atoms with E-state index in [1.165, 1.54) is 13.2 Å². The number of methoxy groups -OCH3 is 1. The number of carbonyl (C=O) groups is 1. The number of amides is 1. The van der Waals surface area contributed by atoms with Crippen LogP contribution in [0, 0.1) is 0 Å². The monoisotopic (exact) mass is 551 g/mol. The molecule has 6 nitrogen and oxygen atoms in total. The summed E-state index contributed by atoms with van der Waals surface area (Å²) in [6.45, 7) is -0.673. The maximum Gasteiger partial charge on any atom is 0.417 e. The Morgan fingerprint density at radius 3 is 2.03 bits per heavy atom. The lowest BCUT2D eigenvalue weighted by Gasteiger charge is -2.20. The van der Waals surface area contributed by atoms with Gasteiger partial charge < -0.3 is 18.8 Å². The summed E-state index contributed by atoms with van der Waals surface area (Å²) >= 11 is 0. The molecule has 12 heteroatoms. The molecule has 0 aliphatic rings. The Morgan fingerprint density at radius 2 is 1.44 bits per heavy atom. The highest BCUT2D eigenvalue weighted by Crippen LogP contribution is 2.41. The number of hydrogen-bond donors (Lipinski definition) is 0. The van der Waals surface area contributed by atoms with Crippen molar-refractivity contribution >= 4 is 16.9 Å². The van der Waals surface area contributed by atoms with E-state index in [0.29, 0.717) is 28.8 Å². The van der Waals surface area contributed by atoms with E-state index in [4.69, 9.17) is 13.9 Å². The van der Waals surface area contributed by atoms with Gasteiger partial charge in [0, 0.05) is 24.5 Å². The zero-order valence-electron chi connectivity index (χ0n) is 20.3. The van der Waals surface area contributed by atoms with Crippen LogP contribution in [0.1, 0.15) is 16.7 Å². The van der Waals surface area contributed by atoms with Gasteiger partial charge in [0.1, 0.15) is 5.75 Å². The van der Waals surface area contributed by atoms with Crippen molar-refractivity contribution in [1.82, 2.24) is 4.90 Å². The molecule has 4 aromatic rings. The van der Waals surface area contributed by atoms with Gasteiger partial charge in [-0.15, -0.1) is 0 Å². The summed E-state index contributed by atoms with van der Waals surface area (Å²) in [6, 6.07) is 14.0. The lowest BCUT2D eigenvalue weighted by Crippen LogP contribution is -2.30. The van der Waals surface area contributed by atoms with Gasteiger partial charge >= 0.3 is 30.0 Å². The van der Waals surface area contributed by atoms with Crippen LogP contribution in [0.4, 0.5) is 31.1 Å². The van der Waals surface area contributed by atoms with Crippen molar-refractivity contribution in [2.24, 2.45) is 0 Å². The van der Waals surface area contributed by atoms with Crippen LogP contribution in [0.5, 0.6) is 11.7 Å². The van der Waals surface area contributed by atoms with Gasteiger partial charge in [-0.25, -0.2) is 9.59 Å². The molecule has 0 aliphatic carbocycles. The first-order valence-electron chi connectivity index (χ1n) is 11.2. The van der Waals surface area contributed by atoms with Crippen LogP contribution in [0.3, 0.4) is 0 Å². The van der Waals surface area contributed by atoms with Gasteiger partial charge in [-0.3, -0.25) is 0 Å². The van der Waals surface area contributed by atoms with Crippen LogP contribution in [0.2, 0.25) is 0 Å². The fourth-order valence-electron chi connectivity index (χ4n) is 3.96. The van der Waals surface area contributed by atoms with E-state index >= 15 is 0 Å². The van der Waals surface area contributed by atoms with Crippen molar-refractivity contribution in [1.29, 1.82) is 0 Å². The summed E-state index contributed by atoms with van der Waals surface area (Å²) in [7, 11) is 2.52. The second kappa shape index (κ2) is 10.4. The number of carbonyl (C=O) groups excluding carboxylic acids is 1. The summed E-state index contributed by atoms with van der Waals surface area (Å²) in [5.74, 6) is -0.175. The summed E-state index contributed by atoms with van der Waals surface area (Å²) in [4.78, 5) is 26.3. The molecular weight excluding hydrogens is 532 g/mol. The highest BCUT2D eigenvalue weighted by molar-refractivity contribution is 5.99. The minimum Gasteiger partial charge on any atom is -0.496 e. The van der Waals surface area contributed by atoms with Crippen LogP contribution >= 0.6 is 0 Å². The van der Waals surface area contributed by atoms with Gasteiger partial charge in [0.05, 0.1) is 29.2 Å². The second-order valence-electron chi connectivity index (χ2n) is 8.44. The quantitative estimate of drug-likeness (QED) is 0.247. The van der Waals surface area contributed by atoms with Crippen molar-refractivity contribution < 1.29 is 45.0 Å². The molecule has 0 radical (unpaired) electrons. The summed E-state index contributed by atoms with van der Waals surface area (Å²) < 4.78 is 95.4. The van der Waals surface area contributed by atoms with Gasteiger partial charge in [0.15, 0.2) is 0 Å². The number of benzene rings is 3. The Labute approximate surface area is 217 Å². The maximum atomic E-state index is 13.2. The van der Waals surface area contributed by atoms with Gasteiger partial charge in [-0.1, -0.05) is 36.4 Å². The lowest BCUT2D eigenvalue weighted by molar-refractivity contribution is -0.143. The Bertz CT molecular complexity index is 1560. The van der Waals surface area contributed by atoms with Crippen molar-refractivity contribution in [2.75, 3.05) is 14.2 Å². The number of para-hydroxylation sites is 1. The number of alkyl halides is 6. The third-order valence-electron chi connectivity index (χ3n) is 5.74. The molecule has 0 aliphatic heterocycles. The Hall–Kier alpha value is -4.48. The fraction of sp³-hybridized carbons (Fsp3) is 0.185. The van der Waals surface area contributed by atoms with Crippen LogP contribution in [-0.2, 0) is 18.9 Å². The average Bonchev–Trinajstić information content (AvgIpc) is 2.87. The third kappa shape index (κ3) is 5.84. The molecule has 0 saturated carbocycles. The van der Waals surface area contributed by atoms with E-state index in [-0.39, 0.29) is 17.0 Å². The molecule has 1 heterocycles. The van der Waals surface area contributed by atoms with Crippen LogP contribution in [0.15, 0.2) is 75.9 Å². The molecular formula is C27H19F6NO5. The maximum absolute atomic E-state index is 13.2. The van der Waals surface area contributed by atoms with E-state index in [0.717, 1.165) is 11.9 Å². The molecule has 0 atom stereocenters. The zero-order chi connectivity index (χ0) is 28.5. The zero-order valence-corrected chi connectivity index (χ0v) is 20.3. The van der Waals surface area contributed by atoms with Crippen LogP contribution in [-0.4, -0.2) is 25.2 Å². The average molecular weight is 551 g/mol. The highest BCUT2D eigenvalue weighted by atomic mass is 19.4. The highest BCUT2D eigenvalue weighted by Gasteiger charge is 2.37. The second-order valence-corrected chi connectivity index (χ2v) is 8.44. The topological polar surface area (TPSA) is 69.0 Å². The number of rotatable bonds is 5. The number of halogens is 6. The van der Waals surface area contributed by atoms with Gasteiger partial charge in [0.25, 0.3) is 0 Å². The molecule has 39 heavy (non-hydrogen) atoms. The lowest BCUT2D eigenvalue weighted by atomic mass is 10.00. The summed E-state index contributed by atoms with van der Waals surface area (Å²) in [5, 5.41) is 0.534. The van der Waals surface area contributed by atoms with Crippen molar-refractivity contribution in [3.8, 4) is 22.8 Å². The number of hydrogen-bond acceptors (Lipinski definition) is 5. The molecule has 0 saturated heterocycles. The first kappa shape index (κ1) is 27.6. The molecule has 0 unspecified atom stereocenters. The Kier molecular flexibility index (Phi) is 7.31. The number of nitrogens with zero attached hydrogens (tertiary/aromatic N) is 1. The largest absolute Gasteiger partial charge is 0.496 e. The predicted octanol–water partition coefficient (Wildman–Crippen LogP) is 7.14. The normalized spacial score (nSPS) is 11.9. The van der Waals surface area contributed by atoms with E-state index in [1.807, 2.05) is 0 Å². The minimum atomic E-state index is -5.05. The Morgan fingerprint density at radius 1 is 0.872 bits per heavy atom. The van der Waals surface area contributed by atoms with Crippen molar-refractivity contribution in [3.05, 3.63) is 93.8 Å². The molecule has 204 valence electrons. The molecule has 3 aromatic carbocycles. The molecule has 1 amide bonds. The van der Waals surface area contributed by atoms with E-state index < -0.39 is 53.3 Å². The first-order valence-corrected chi connectivity index (χ1v) is 11.2. The van der Waals surface area contributed by atoms with E-state index in [9.17, 15) is 35.9 Å². The standard InChI is InChI=1S/C27H19F6NO5/c1-34(14-15-11-16(26(28,29)30)13-17(12-15)27(31,32)33)25(36)39-24-22(20-9-5-6-10-21(20)37-2)18-7-3-4-8-19(18)23(35)38-24/h3-13H,14H2,1-2H3. The smallest absolute Gasteiger partial charge is 0.417 e. The van der Waals surface area contributed by atoms with Crippen LogP contribution in [0.25, 0.3) is 21.9 Å². The van der Waals surface area contributed by atoms with Crippen LogP contribution < -0.4 is 15.1 Å². The molecule has 0 fully saturated rings. The summed E-state index contributed by atoms with van der Waals surface area (Å²) in [6.07, 6.45) is -11.3. The minimum absolute atomic E-state index is 0.00885. The molecule has 0 spiro atoms. The first-order chi connectivity index (χ1) is 18.3. The Balaban J connectivity index is 1.73. The molecule has 1 aromatic heterocycles. The molecule has 4 rings (SSSR count). The number of fused-ring (bicyclic) bond motifs is 1. The van der Waals surface area contributed by atoms with Gasteiger partial charge in [-0.05, 0) is 35.9 Å². The SMILES string of the molecule is COc1ccccc1-c1c(OC(=O)N(C)Cc2cc(C(F)(F)F)cc(C(F)(F)F)c2)oc(=O)c2ccccc12. The van der Waals surface area contributed by atoms with E-state index in [2.05, 4.69) is 0 Å². The number of ether oxygens (including phenoxy) is 2. The van der Waals surface area contributed by atoms with Crippen molar-refractivity contribution in [2.45, 2.75) is 18.9 Å². The fourth-order valence-corrected chi connectivity index (χ4v) is 3.96.